The first kappa shape index (κ1) is 17.0. The van der Waals surface area contributed by atoms with Crippen molar-refractivity contribution in [2.75, 3.05) is 11.6 Å². The lowest BCUT2D eigenvalue weighted by Crippen LogP contribution is -2.31. The molecule has 0 atom stereocenters. The van der Waals surface area contributed by atoms with E-state index in [1.807, 2.05) is 65.6 Å². The van der Waals surface area contributed by atoms with E-state index in [9.17, 15) is 4.79 Å². The number of hydrogen-bond acceptors (Lipinski definition) is 5. The van der Waals surface area contributed by atoms with E-state index in [2.05, 4.69) is 10.2 Å². The third-order valence-corrected chi connectivity index (χ3v) is 4.59. The number of carbonyl (C=O) groups is 1. The quantitative estimate of drug-likeness (QED) is 0.521. The zero-order valence-corrected chi connectivity index (χ0v) is 14.5. The molecule has 0 aliphatic rings. The minimum Gasteiger partial charge on any atom is -0.336 e. The molecule has 7 heteroatoms. The maximum absolute atomic E-state index is 12.8. The zero-order chi connectivity index (χ0) is 17.5. The summed E-state index contributed by atoms with van der Waals surface area (Å²) in [5.74, 6) is 5.98. The van der Waals surface area contributed by atoms with Crippen LogP contribution in [-0.4, -0.2) is 31.4 Å². The lowest BCUT2D eigenvalue weighted by atomic mass is 10.1. The summed E-state index contributed by atoms with van der Waals surface area (Å²) in [6, 6.07) is 19.9. The van der Waals surface area contributed by atoms with Gasteiger partial charge in [0.25, 0.3) is 0 Å². The van der Waals surface area contributed by atoms with Crippen molar-refractivity contribution < 1.29 is 4.79 Å². The molecule has 1 heterocycles. The summed E-state index contributed by atoms with van der Waals surface area (Å²) in [7, 11) is 0. The molecule has 3 aromatic rings. The number of benzene rings is 2. The summed E-state index contributed by atoms with van der Waals surface area (Å²) in [4.78, 5) is 14.6. The highest BCUT2D eigenvalue weighted by molar-refractivity contribution is 7.99. The number of hydrogen-bond donors (Lipinski definition) is 1. The van der Waals surface area contributed by atoms with Crippen LogP contribution in [0.4, 0.5) is 0 Å². The molecule has 0 unspecified atom stereocenters. The Bertz CT molecular complexity index is 765. The molecule has 2 aromatic carbocycles. The van der Waals surface area contributed by atoms with Crippen molar-refractivity contribution in [3.8, 4) is 0 Å². The van der Waals surface area contributed by atoms with Crippen molar-refractivity contribution >= 4 is 17.7 Å². The van der Waals surface area contributed by atoms with E-state index in [-0.39, 0.29) is 11.7 Å². The van der Waals surface area contributed by atoms with Crippen LogP contribution in [-0.2, 0) is 17.9 Å². The van der Waals surface area contributed by atoms with Crippen molar-refractivity contribution in [2.24, 2.45) is 0 Å². The molecule has 3 rings (SSSR count). The second-order valence-electron chi connectivity index (χ2n) is 5.53. The second-order valence-corrected chi connectivity index (χ2v) is 6.47. The highest BCUT2D eigenvalue weighted by Gasteiger charge is 2.16. The van der Waals surface area contributed by atoms with E-state index in [4.69, 9.17) is 5.84 Å². The molecule has 6 nitrogen and oxygen atoms in total. The highest BCUT2D eigenvalue weighted by Crippen LogP contribution is 2.16. The highest BCUT2D eigenvalue weighted by atomic mass is 32.2. The molecule has 0 bridgehead atoms. The molecule has 128 valence electrons. The Morgan fingerprint density at radius 1 is 1.00 bits per heavy atom. The van der Waals surface area contributed by atoms with Crippen molar-refractivity contribution in [3.63, 3.8) is 0 Å². The second kappa shape index (κ2) is 8.34. The topological polar surface area (TPSA) is 77.0 Å². The summed E-state index contributed by atoms with van der Waals surface area (Å²) >= 11 is 1.28. The van der Waals surface area contributed by atoms with Crippen molar-refractivity contribution in [2.45, 2.75) is 18.2 Å². The molecule has 1 aromatic heterocycles. The average molecular weight is 353 g/mol. The van der Waals surface area contributed by atoms with Crippen LogP contribution >= 0.6 is 11.8 Å². The maximum atomic E-state index is 12.8. The molecule has 0 aliphatic carbocycles. The Balaban J connectivity index is 1.70. The van der Waals surface area contributed by atoms with E-state index < -0.39 is 0 Å². The van der Waals surface area contributed by atoms with Crippen LogP contribution in [0.15, 0.2) is 72.1 Å². The lowest BCUT2D eigenvalue weighted by molar-refractivity contribution is -0.129. The van der Waals surface area contributed by atoms with E-state index in [1.54, 1.807) is 0 Å². The molecular formula is C18H19N5OS. The van der Waals surface area contributed by atoms with Crippen molar-refractivity contribution in [1.82, 2.24) is 19.8 Å². The largest absolute Gasteiger partial charge is 0.336 e. The van der Waals surface area contributed by atoms with Gasteiger partial charge in [-0.2, -0.15) is 0 Å². The third kappa shape index (κ3) is 4.84. The fourth-order valence-corrected chi connectivity index (χ4v) is 3.13. The van der Waals surface area contributed by atoms with Gasteiger partial charge >= 0.3 is 0 Å². The predicted molar refractivity (Wildman–Crippen MR) is 98.0 cm³/mol. The van der Waals surface area contributed by atoms with Gasteiger partial charge in [0.2, 0.25) is 11.1 Å². The van der Waals surface area contributed by atoms with Gasteiger partial charge in [-0.15, -0.1) is 10.2 Å². The predicted octanol–water partition coefficient (Wildman–Crippen LogP) is 2.31. The summed E-state index contributed by atoms with van der Waals surface area (Å²) in [5, 5.41) is 8.14. The molecule has 0 aliphatic heterocycles. The smallest absolute Gasteiger partial charge is 0.233 e. The number of nitrogens with two attached hydrogens (primary N) is 1. The Morgan fingerprint density at radius 2 is 1.56 bits per heavy atom. The first-order valence-corrected chi connectivity index (χ1v) is 8.84. The van der Waals surface area contributed by atoms with Gasteiger partial charge in [0.1, 0.15) is 6.33 Å². The third-order valence-electron chi connectivity index (χ3n) is 3.65. The minimum atomic E-state index is 0.0284. The van der Waals surface area contributed by atoms with Gasteiger partial charge < -0.3 is 10.7 Å². The Morgan fingerprint density at radius 3 is 2.04 bits per heavy atom. The van der Waals surface area contributed by atoms with Crippen molar-refractivity contribution in [1.29, 1.82) is 0 Å². The fourth-order valence-electron chi connectivity index (χ4n) is 2.39. The van der Waals surface area contributed by atoms with Gasteiger partial charge in [-0.1, -0.05) is 72.4 Å². The molecule has 2 N–H and O–H groups in total. The Hall–Kier alpha value is -2.80. The van der Waals surface area contributed by atoms with Crippen LogP contribution in [0.25, 0.3) is 0 Å². The molecule has 0 saturated heterocycles. The molecule has 0 saturated carbocycles. The van der Waals surface area contributed by atoms with E-state index in [0.717, 1.165) is 11.1 Å². The fraction of sp³-hybridized carbons (Fsp3) is 0.167. The molecule has 0 radical (unpaired) electrons. The van der Waals surface area contributed by atoms with Gasteiger partial charge in [0.15, 0.2) is 0 Å². The first-order chi connectivity index (χ1) is 12.2. The van der Waals surface area contributed by atoms with Crippen LogP contribution in [0.5, 0.6) is 0 Å². The number of nitrogen functional groups attached to an aromatic ring is 1. The van der Waals surface area contributed by atoms with Gasteiger partial charge in [-0.05, 0) is 11.1 Å². The monoisotopic (exact) mass is 353 g/mol. The van der Waals surface area contributed by atoms with Crippen molar-refractivity contribution in [3.05, 3.63) is 78.1 Å². The molecule has 25 heavy (non-hydrogen) atoms. The maximum Gasteiger partial charge on any atom is 0.233 e. The molecule has 0 spiro atoms. The van der Waals surface area contributed by atoms with Gasteiger partial charge in [-0.25, -0.2) is 4.68 Å². The van der Waals surface area contributed by atoms with Crippen LogP contribution in [0, 0.1) is 0 Å². The molecular weight excluding hydrogens is 334 g/mol. The van der Waals surface area contributed by atoms with Crippen LogP contribution in [0.2, 0.25) is 0 Å². The molecule has 1 amide bonds. The number of carbonyl (C=O) groups excluding carboxylic acids is 1. The van der Waals surface area contributed by atoms with Crippen LogP contribution in [0.1, 0.15) is 11.1 Å². The van der Waals surface area contributed by atoms with E-state index >= 15 is 0 Å². The van der Waals surface area contributed by atoms with Crippen LogP contribution in [0.3, 0.4) is 0 Å². The van der Waals surface area contributed by atoms with E-state index in [0.29, 0.717) is 18.2 Å². The van der Waals surface area contributed by atoms with Gasteiger partial charge in [-0.3, -0.25) is 4.79 Å². The number of aromatic nitrogens is 3. The average Bonchev–Trinajstić information content (AvgIpc) is 3.06. The summed E-state index contributed by atoms with van der Waals surface area (Å²) in [6.07, 6.45) is 1.42. The number of amides is 1. The molecule has 0 fully saturated rings. The van der Waals surface area contributed by atoms with Crippen LogP contribution < -0.4 is 5.84 Å². The number of thioether (sulfide) groups is 1. The zero-order valence-electron chi connectivity index (χ0n) is 13.7. The lowest BCUT2D eigenvalue weighted by Gasteiger charge is -2.23. The summed E-state index contributed by atoms with van der Waals surface area (Å²) in [5.41, 5.74) is 2.19. The standard InChI is InChI=1S/C18H19N5OS/c19-23-14-20-21-18(23)25-13-17(24)22(11-15-7-3-1-4-8-15)12-16-9-5-2-6-10-16/h1-10,14H,11-13,19H2. The van der Waals surface area contributed by atoms with E-state index in [1.165, 1.54) is 22.8 Å². The summed E-state index contributed by atoms with van der Waals surface area (Å²) in [6.45, 7) is 1.12. The Labute approximate surface area is 150 Å². The Kier molecular flexibility index (Phi) is 5.69. The minimum absolute atomic E-state index is 0.0284. The first-order valence-electron chi connectivity index (χ1n) is 7.86. The SMILES string of the molecule is Nn1cnnc1SCC(=O)N(Cc1ccccc1)Cc1ccccc1. The van der Waals surface area contributed by atoms with Gasteiger partial charge in [0.05, 0.1) is 5.75 Å². The number of nitrogens with zero attached hydrogens (tertiary/aromatic N) is 4. The summed E-state index contributed by atoms with van der Waals surface area (Å²) < 4.78 is 1.32. The van der Waals surface area contributed by atoms with Gasteiger partial charge in [0, 0.05) is 13.1 Å². The number of rotatable bonds is 7. The normalized spacial score (nSPS) is 10.6.